The van der Waals surface area contributed by atoms with Gasteiger partial charge in [0, 0.05) is 6.20 Å². The molecular formula is C11H11NOS. The maximum absolute atomic E-state index is 5.65. The SMILES string of the molecule is Cc1ccccc1OCc1cncs1. The van der Waals surface area contributed by atoms with Crippen molar-refractivity contribution < 1.29 is 4.74 Å². The van der Waals surface area contributed by atoms with Gasteiger partial charge in [0.2, 0.25) is 0 Å². The molecule has 0 bridgehead atoms. The van der Waals surface area contributed by atoms with Gasteiger partial charge in [0.1, 0.15) is 12.4 Å². The minimum absolute atomic E-state index is 0.607. The number of thiazole rings is 1. The number of para-hydroxylation sites is 1. The monoisotopic (exact) mass is 205 g/mol. The third-order valence-electron chi connectivity index (χ3n) is 1.95. The number of aromatic nitrogens is 1. The summed E-state index contributed by atoms with van der Waals surface area (Å²) in [6.45, 7) is 2.65. The average molecular weight is 205 g/mol. The third-order valence-corrected chi connectivity index (χ3v) is 2.70. The largest absolute Gasteiger partial charge is 0.488 e. The zero-order valence-electron chi connectivity index (χ0n) is 7.93. The van der Waals surface area contributed by atoms with Crippen LogP contribution in [-0.2, 0) is 6.61 Å². The van der Waals surface area contributed by atoms with Crippen LogP contribution in [0, 0.1) is 6.92 Å². The second-order valence-corrected chi connectivity index (χ2v) is 3.99. The minimum atomic E-state index is 0.607. The summed E-state index contributed by atoms with van der Waals surface area (Å²) in [5.74, 6) is 0.945. The number of ether oxygens (including phenoxy) is 1. The van der Waals surface area contributed by atoms with Gasteiger partial charge < -0.3 is 4.74 Å². The highest BCUT2D eigenvalue weighted by Crippen LogP contribution is 2.18. The van der Waals surface area contributed by atoms with E-state index in [4.69, 9.17) is 4.74 Å². The Morgan fingerprint density at radius 2 is 2.21 bits per heavy atom. The smallest absolute Gasteiger partial charge is 0.124 e. The van der Waals surface area contributed by atoms with Gasteiger partial charge in [0.15, 0.2) is 0 Å². The fourth-order valence-electron chi connectivity index (χ4n) is 1.18. The first kappa shape index (κ1) is 9.21. The van der Waals surface area contributed by atoms with Crippen LogP contribution in [-0.4, -0.2) is 4.98 Å². The van der Waals surface area contributed by atoms with Crippen LogP contribution < -0.4 is 4.74 Å². The molecule has 0 saturated carbocycles. The molecule has 0 spiro atoms. The predicted molar refractivity (Wildman–Crippen MR) is 57.6 cm³/mol. The van der Waals surface area contributed by atoms with E-state index in [-0.39, 0.29) is 0 Å². The second-order valence-electron chi connectivity index (χ2n) is 3.02. The summed E-state index contributed by atoms with van der Waals surface area (Å²) in [7, 11) is 0. The van der Waals surface area contributed by atoms with E-state index in [0.29, 0.717) is 6.61 Å². The van der Waals surface area contributed by atoms with E-state index in [1.165, 1.54) is 0 Å². The van der Waals surface area contributed by atoms with Gasteiger partial charge in [-0.15, -0.1) is 11.3 Å². The van der Waals surface area contributed by atoms with Crippen LogP contribution >= 0.6 is 11.3 Å². The second kappa shape index (κ2) is 4.24. The molecule has 0 atom stereocenters. The molecule has 0 unspecified atom stereocenters. The van der Waals surface area contributed by atoms with Crippen molar-refractivity contribution in [2.75, 3.05) is 0 Å². The summed E-state index contributed by atoms with van der Waals surface area (Å²) >= 11 is 1.61. The van der Waals surface area contributed by atoms with Crippen molar-refractivity contribution in [3.05, 3.63) is 46.4 Å². The first-order valence-corrected chi connectivity index (χ1v) is 5.30. The fraction of sp³-hybridized carbons (Fsp3) is 0.182. The van der Waals surface area contributed by atoms with Crippen molar-refractivity contribution in [1.29, 1.82) is 0 Å². The van der Waals surface area contributed by atoms with E-state index >= 15 is 0 Å². The molecule has 2 rings (SSSR count). The molecule has 3 heteroatoms. The Morgan fingerprint density at radius 1 is 1.36 bits per heavy atom. The lowest BCUT2D eigenvalue weighted by molar-refractivity contribution is 0.307. The highest BCUT2D eigenvalue weighted by atomic mass is 32.1. The highest BCUT2D eigenvalue weighted by Gasteiger charge is 1.99. The summed E-state index contributed by atoms with van der Waals surface area (Å²) in [4.78, 5) is 5.14. The summed E-state index contributed by atoms with van der Waals surface area (Å²) in [5, 5.41) is 0. The van der Waals surface area contributed by atoms with Gasteiger partial charge in [0.05, 0.1) is 10.4 Å². The van der Waals surface area contributed by atoms with Crippen LogP contribution in [0.25, 0.3) is 0 Å². The van der Waals surface area contributed by atoms with E-state index in [2.05, 4.69) is 4.98 Å². The van der Waals surface area contributed by atoms with Gasteiger partial charge in [-0.25, -0.2) is 0 Å². The van der Waals surface area contributed by atoms with Gasteiger partial charge in [0.25, 0.3) is 0 Å². The maximum Gasteiger partial charge on any atom is 0.124 e. The van der Waals surface area contributed by atoms with Crippen molar-refractivity contribution in [3.8, 4) is 5.75 Å². The number of aryl methyl sites for hydroxylation is 1. The molecule has 0 radical (unpaired) electrons. The number of hydrogen-bond donors (Lipinski definition) is 0. The molecule has 2 nitrogen and oxygen atoms in total. The molecule has 0 aliphatic heterocycles. The third kappa shape index (κ3) is 2.12. The van der Waals surface area contributed by atoms with Crippen LogP contribution in [0.2, 0.25) is 0 Å². The summed E-state index contributed by atoms with van der Waals surface area (Å²) in [6.07, 6.45) is 1.84. The quantitative estimate of drug-likeness (QED) is 0.768. The summed E-state index contributed by atoms with van der Waals surface area (Å²) in [6, 6.07) is 8.02. The molecule has 0 saturated heterocycles. The lowest BCUT2D eigenvalue weighted by atomic mass is 10.2. The van der Waals surface area contributed by atoms with Crippen LogP contribution in [0.1, 0.15) is 10.4 Å². The Bertz CT molecular complexity index is 397. The minimum Gasteiger partial charge on any atom is -0.488 e. The number of nitrogens with zero attached hydrogens (tertiary/aromatic N) is 1. The maximum atomic E-state index is 5.65. The molecule has 0 N–H and O–H groups in total. The number of rotatable bonds is 3. The summed E-state index contributed by atoms with van der Waals surface area (Å²) in [5.41, 5.74) is 2.98. The zero-order valence-corrected chi connectivity index (χ0v) is 8.75. The Hall–Kier alpha value is -1.35. The Labute approximate surface area is 87.2 Å². The molecule has 72 valence electrons. The molecule has 0 aliphatic rings. The average Bonchev–Trinajstić information content (AvgIpc) is 2.69. The van der Waals surface area contributed by atoms with Gasteiger partial charge in [-0.2, -0.15) is 0 Å². The van der Waals surface area contributed by atoms with Gasteiger partial charge in [-0.3, -0.25) is 4.98 Å². The van der Waals surface area contributed by atoms with Crippen molar-refractivity contribution in [2.45, 2.75) is 13.5 Å². The number of benzene rings is 1. The van der Waals surface area contributed by atoms with Crippen molar-refractivity contribution in [1.82, 2.24) is 4.98 Å². The molecule has 14 heavy (non-hydrogen) atoms. The van der Waals surface area contributed by atoms with E-state index in [1.807, 2.05) is 42.9 Å². The van der Waals surface area contributed by atoms with E-state index in [9.17, 15) is 0 Å². The lowest BCUT2D eigenvalue weighted by Gasteiger charge is -2.06. The van der Waals surface area contributed by atoms with Crippen LogP contribution in [0.15, 0.2) is 36.0 Å². The number of hydrogen-bond acceptors (Lipinski definition) is 3. The molecule has 0 fully saturated rings. The van der Waals surface area contributed by atoms with Gasteiger partial charge in [-0.05, 0) is 18.6 Å². The van der Waals surface area contributed by atoms with Crippen molar-refractivity contribution in [2.24, 2.45) is 0 Å². The van der Waals surface area contributed by atoms with Gasteiger partial charge in [-0.1, -0.05) is 18.2 Å². The molecular weight excluding hydrogens is 194 g/mol. The van der Waals surface area contributed by atoms with Crippen molar-refractivity contribution in [3.63, 3.8) is 0 Å². The van der Waals surface area contributed by atoms with Crippen molar-refractivity contribution >= 4 is 11.3 Å². The first-order chi connectivity index (χ1) is 6.86. The van der Waals surface area contributed by atoms with E-state index < -0.39 is 0 Å². The van der Waals surface area contributed by atoms with E-state index in [0.717, 1.165) is 16.2 Å². The standard InChI is InChI=1S/C11H11NOS/c1-9-4-2-3-5-11(9)13-7-10-6-12-8-14-10/h2-6,8H,7H2,1H3. The Balaban J connectivity index is 2.02. The molecule has 0 aliphatic carbocycles. The normalized spacial score (nSPS) is 10.1. The first-order valence-electron chi connectivity index (χ1n) is 4.42. The highest BCUT2D eigenvalue weighted by molar-refractivity contribution is 7.09. The molecule has 1 heterocycles. The molecule has 0 amide bonds. The molecule has 1 aromatic heterocycles. The predicted octanol–water partition coefficient (Wildman–Crippen LogP) is 3.03. The van der Waals surface area contributed by atoms with Crippen LogP contribution in [0.4, 0.5) is 0 Å². The molecule has 2 aromatic rings. The fourth-order valence-corrected chi connectivity index (χ4v) is 1.69. The topological polar surface area (TPSA) is 22.1 Å². The zero-order chi connectivity index (χ0) is 9.80. The Morgan fingerprint density at radius 3 is 2.93 bits per heavy atom. The lowest BCUT2D eigenvalue weighted by Crippen LogP contribution is -1.94. The van der Waals surface area contributed by atoms with Gasteiger partial charge >= 0.3 is 0 Å². The summed E-state index contributed by atoms with van der Waals surface area (Å²) < 4.78 is 5.65. The van der Waals surface area contributed by atoms with E-state index in [1.54, 1.807) is 11.3 Å². The Kier molecular flexibility index (Phi) is 2.79. The molecule has 1 aromatic carbocycles. The van der Waals surface area contributed by atoms with Crippen LogP contribution in [0.5, 0.6) is 5.75 Å². The van der Waals surface area contributed by atoms with Crippen LogP contribution in [0.3, 0.4) is 0 Å².